The first-order valence-electron chi connectivity index (χ1n) is 5.27. The van der Waals surface area contributed by atoms with Gasteiger partial charge in [-0.3, -0.25) is 4.79 Å². The molecule has 86 valence electrons. The number of benzene rings is 1. The predicted molar refractivity (Wildman–Crippen MR) is 70.1 cm³/mol. The number of hydrogen-bond donors (Lipinski definition) is 0. The summed E-state index contributed by atoms with van der Waals surface area (Å²) >= 11 is 6.83. The van der Waals surface area contributed by atoms with Gasteiger partial charge in [-0.15, -0.1) is 0 Å². The number of carbonyl (C=O) groups excluding carboxylic acids is 1. The second kappa shape index (κ2) is 5.32. The number of halogens is 2. The predicted octanol–water partition coefficient (Wildman–Crippen LogP) is 4.20. The summed E-state index contributed by atoms with van der Waals surface area (Å²) in [6, 6.07) is 3.54. The van der Waals surface area contributed by atoms with Gasteiger partial charge in [-0.05, 0) is 62.8 Å². The van der Waals surface area contributed by atoms with Gasteiger partial charge in [0.1, 0.15) is 12.0 Å². The molecule has 0 N–H and O–H groups in total. The summed E-state index contributed by atoms with van der Waals surface area (Å²) in [5.41, 5.74) is 0.634. The maximum atomic E-state index is 10.7. The molecule has 0 heterocycles. The van der Waals surface area contributed by atoms with E-state index in [0.29, 0.717) is 11.5 Å². The first kappa shape index (κ1) is 12.1. The molecule has 1 aliphatic carbocycles. The fraction of sp³-hybridized carbons (Fsp3) is 0.417. The van der Waals surface area contributed by atoms with Crippen LogP contribution in [0.15, 0.2) is 21.1 Å². The normalized spacial score (nSPS) is 15.6. The standard InChI is InChI=1S/C12H12Br2O2/c13-10-4-9(6-15)5-11(14)12(10)16-7-8-2-1-3-8/h4-6,8H,1-3,7H2. The van der Waals surface area contributed by atoms with Crippen LogP contribution in [0.3, 0.4) is 0 Å². The van der Waals surface area contributed by atoms with E-state index in [2.05, 4.69) is 31.9 Å². The van der Waals surface area contributed by atoms with Gasteiger partial charge in [0.25, 0.3) is 0 Å². The zero-order valence-corrected chi connectivity index (χ0v) is 11.9. The summed E-state index contributed by atoms with van der Waals surface area (Å²) in [7, 11) is 0. The minimum absolute atomic E-state index is 0.634. The SMILES string of the molecule is O=Cc1cc(Br)c(OCC2CCC2)c(Br)c1. The lowest BCUT2D eigenvalue weighted by molar-refractivity contribution is 0.112. The number of rotatable bonds is 4. The molecule has 1 aromatic rings. The Morgan fingerprint density at radius 3 is 2.38 bits per heavy atom. The van der Waals surface area contributed by atoms with E-state index in [4.69, 9.17) is 4.74 Å². The van der Waals surface area contributed by atoms with E-state index in [9.17, 15) is 4.79 Å². The molecule has 0 atom stereocenters. The molecule has 0 spiro atoms. The van der Waals surface area contributed by atoms with Gasteiger partial charge in [0, 0.05) is 5.56 Å². The Balaban J connectivity index is 2.09. The lowest BCUT2D eigenvalue weighted by atomic mass is 9.86. The van der Waals surface area contributed by atoms with Crippen molar-refractivity contribution in [3.05, 3.63) is 26.6 Å². The lowest BCUT2D eigenvalue weighted by Crippen LogP contribution is -2.19. The third-order valence-electron chi connectivity index (χ3n) is 2.84. The Hall–Kier alpha value is -0.350. The van der Waals surface area contributed by atoms with Gasteiger partial charge in [0.2, 0.25) is 0 Å². The van der Waals surface area contributed by atoms with Crippen LogP contribution < -0.4 is 4.74 Å². The Kier molecular flexibility index (Phi) is 4.03. The number of ether oxygens (including phenoxy) is 1. The van der Waals surface area contributed by atoms with Gasteiger partial charge in [-0.1, -0.05) is 6.42 Å². The lowest BCUT2D eigenvalue weighted by Gasteiger charge is -2.25. The van der Waals surface area contributed by atoms with Gasteiger partial charge in [-0.25, -0.2) is 0 Å². The van der Waals surface area contributed by atoms with Crippen molar-refractivity contribution < 1.29 is 9.53 Å². The quantitative estimate of drug-likeness (QED) is 0.763. The monoisotopic (exact) mass is 346 g/mol. The molecular weight excluding hydrogens is 336 g/mol. The highest BCUT2D eigenvalue weighted by molar-refractivity contribution is 9.11. The molecule has 0 unspecified atom stereocenters. The smallest absolute Gasteiger partial charge is 0.150 e. The zero-order chi connectivity index (χ0) is 11.5. The summed E-state index contributed by atoms with van der Waals surface area (Å²) in [6.45, 7) is 0.762. The average molecular weight is 348 g/mol. The molecule has 0 bridgehead atoms. The van der Waals surface area contributed by atoms with Crippen LogP contribution >= 0.6 is 31.9 Å². The maximum absolute atomic E-state index is 10.7. The highest BCUT2D eigenvalue weighted by atomic mass is 79.9. The van der Waals surface area contributed by atoms with Crippen molar-refractivity contribution in [3.8, 4) is 5.75 Å². The van der Waals surface area contributed by atoms with Crippen LogP contribution in [0.5, 0.6) is 5.75 Å². The molecule has 0 amide bonds. The third-order valence-corrected chi connectivity index (χ3v) is 4.02. The number of hydrogen-bond acceptors (Lipinski definition) is 2. The van der Waals surface area contributed by atoms with Crippen LogP contribution in [0.25, 0.3) is 0 Å². The van der Waals surface area contributed by atoms with E-state index in [1.165, 1.54) is 19.3 Å². The van der Waals surface area contributed by atoms with E-state index < -0.39 is 0 Å². The third kappa shape index (κ3) is 2.66. The Morgan fingerprint density at radius 2 is 1.94 bits per heavy atom. The van der Waals surface area contributed by atoms with Crippen LogP contribution in [0.4, 0.5) is 0 Å². The van der Waals surface area contributed by atoms with Gasteiger partial charge in [0.15, 0.2) is 0 Å². The molecule has 2 rings (SSSR count). The first-order valence-corrected chi connectivity index (χ1v) is 6.86. The Bertz CT molecular complexity index is 377. The minimum atomic E-state index is 0.634. The average Bonchev–Trinajstić information content (AvgIpc) is 2.19. The molecular formula is C12H12Br2O2. The molecule has 1 aliphatic rings. The van der Waals surface area contributed by atoms with Crippen molar-refractivity contribution in [2.75, 3.05) is 6.61 Å². The molecule has 4 heteroatoms. The van der Waals surface area contributed by atoms with Crippen molar-refractivity contribution in [2.45, 2.75) is 19.3 Å². The van der Waals surface area contributed by atoms with Crippen LogP contribution in [-0.4, -0.2) is 12.9 Å². The summed E-state index contributed by atoms with van der Waals surface area (Å²) in [4.78, 5) is 10.7. The molecule has 0 saturated heterocycles. The van der Waals surface area contributed by atoms with Gasteiger partial charge in [-0.2, -0.15) is 0 Å². The van der Waals surface area contributed by atoms with Gasteiger partial charge in [0.05, 0.1) is 15.6 Å². The zero-order valence-electron chi connectivity index (χ0n) is 8.71. The van der Waals surface area contributed by atoms with E-state index in [1.54, 1.807) is 12.1 Å². The second-order valence-corrected chi connectivity index (χ2v) is 5.75. The minimum Gasteiger partial charge on any atom is -0.491 e. The Morgan fingerprint density at radius 1 is 1.31 bits per heavy atom. The fourth-order valence-corrected chi connectivity index (χ4v) is 3.10. The van der Waals surface area contributed by atoms with Crippen molar-refractivity contribution in [1.82, 2.24) is 0 Å². The first-order chi connectivity index (χ1) is 7.70. The van der Waals surface area contributed by atoms with E-state index >= 15 is 0 Å². The summed E-state index contributed by atoms with van der Waals surface area (Å²) < 4.78 is 7.41. The molecule has 0 radical (unpaired) electrons. The van der Waals surface area contributed by atoms with Crippen LogP contribution in [0, 0.1) is 5.92 Å². The van der Waals surface area contributed by atoms with Crippen molar-refractivity contribution >= 4 is 38.1 Å². The molecule has 1 saturated carbocycles. The van der Waals surface area contributed by atoms with Gasteiger partial charge >= 0.3 is 0 Å². The van der Waals surface area contributed by atoms with Crippen molar-refractivity contribution in [2.24, 2.45) is 5.92 Å². The topological polar surface area (TPSA) is 26.3 Å². The summed E-state index contributed by atoms with van der Waals surface area (Å²) in [6.07, 6.45) is 4.68. The molecule has 0 aromatic heterocycles. The largest absolute Gasteiger partial charge is 0.491 e. The fourth-order valence-electron chi connectivity index (χ4n) is 1.65. The molecule has 1 fully saturated rings. The highest BCUT2D eigenvalue weighted by Gasteiger charge is 2.19. The second-order valence-electron chi connectivity index (χ2n) is 4.04. The molecule has 2 nitrogen and oxygen atoms in total. The van der Waals surface area contributed by atoms with Gasteiger partial charge < -0.3 is 4.74 Å². The van der Waals surface area contributed by atoms with E-state index in [1.807, 2.05) is 0 Å². The van der Waals surface area contributed by atoms with Crippen LogP contribution in [-0.2, 0) is 0 Å². The maximum Gasteiger partial charge on any atom is 0.150 e. The van der Waals surface area contributed by atoms with E-state index in [0.717, 1.165) is 27.6 Å². The highest BCUT2D eigenvalue weighted by Crippen LogP contribution is 2.36. The van der Waals surface area contributed by atoms with Crippen LogP contribution in [0.2, 0.25) is 0 Å². The summed E-state index contributed by atoms with van der Waals surface area (Å²) in [5.74, 6) is 1.49. The number of carbonyl (C=O) groups is 1. The number of aldehydes is 1. The van der Waals surface area contributed by atoms with Crippen LogP contribution in [0.1, 0.15) is 29.6 Å². The Labute approximate surface area is 112 Å². The molecule has 1 aromatic carbocycles. The molecule has 0 aliphatic heterocycles. The van der Waals surface area contributed by atoms with E-state index in [-0.39, 0.29) is 0 Å². The summed E-state index contributed by atoms with van der Waals surface area (Å²) in [5, 5.41) is 0. The van der Waals surface area contributed by atoms with Crippen molar-refractivity contribution in [1.29, 1.82) is 0 Å². The van der Waals surface area contributed by atoms with Crippen molar-refractivity contribution in [3.63, 3.8) is 0 Å². The molecule has 16 heavy (non-hydrogen) atoms.